The van der Waals surface area contributed by atoms with Crippen LogP contribution in [-0.4, -0.2) is 24.9 Å². The highest BCUT2D eigenvalue weighted by molar-refractivity contribution is 5.94. The zero-order valence-electron chi connectivity index (χ0n) is 13.2. The Morgan fingerprint density at radius 2 is 1.91 bits per heavy atom. The minimum absolute atomic E-state index is 0.124. The van der Waals surface area contributed by atoms with Crippen LogP contribution >= 0.6 is 0 Å². The molecule has 1 fully saturated rings. The van der Waals surface area contributed by atoms with E-state index in [0.717, 1.165) is 25.7 Å². The van der Waals surface area contributed by atoms with Crippen LogP contribution in [0.15, 0.2) is 24.3 Å². The van der Waals surface area contributed by atoms with Gasteiger partial charge in [0.05, 0.1) is 6.54 Å². The minimum atomic E-state index is -0.422. The Bertz CT molecular complexity index is 557. The number of carbonyl (C=O) groups excluding carboxylic acids is 2. The highest BCUT2D eigenvalue weighted by Crippen LogP contribution is 2.38. The Morgan fingerprint density at radius 1 is 1.17 bits per heavy atom. The first kappa shape index (κ1) is 17.4. The number of amides is 2. The van der Waals surface area contributed by atoms with Gasteiger partial charge < -0.3 is 16.4 Å². The monoisotopic (exact) mass is 321 g/mol. The molecule has 2 amide bonds. The van der Waals surface area contributed by atoms with E-state index in [1.54, 1.807) is 6.07 Å². The molecule has 0 unspecified atom stereocenters. The molecule has 0 radical (unpaired) electrons. The van der Waals surface area contributed by atoms with Crippen LogP contribution in [0.3, 0.4) is 0 Å². The Balaban J connectivity index is 1.78. The lowest BCUT2D eigenvalue weighted by Crippen LogP contribution is -2.40. The Labute approximate surface area is 135 Å². The van der Waals surface area contributed by atoms with Crippen LogP contribution in [0.25, 0.3) is 0 Å². The number of nitrogens with two attached hydrogens (primary N) is 1. The van der Waals surface area contributed by atoms with Gasteiger partial charge in [-0.2, -0.15) is 0 Å². The fourth-order valence-corrected chi connectivity index (χ4v) is 3.11. The van der Waals surface area contributed by atoms with E-state index in [0.29, 0.717) is 18.7 Å². The number of carbonyl (C=O) groups is 2. The number of benzene rings is 1. The van der Waals surface area contributed by atoms with Crippen LogP contribution in [0.5, 0.6) is 0 Å². The lowest BCUT2D eigenvalue weighted by molar-refractivity contribution is -0.126. The van der Waals surface area contributed by atoms with Gasteiger partial charge in [-0.25, -0.2) is 4.39 Å². The van der Waals surface area contributed by atoms with Crippen molar-refractivity contribution in [2.75, 3.05) is 18.4 Å². The SMILES string of the molecule is NCC1(CC(=O)NCC(=O)Nc2cccc(F)c2)CCCCC1. The average Bonchev–Trinajstić information content (AvgIpc) is 2.54. The molecule has 0 aliphatic heterocycles. The van der Waals surface area contributed by atoms with Crippen molar-refractivity contribution in [3.05, 3.63) is 30.1 Å². The molecular weight excluding hydrogens is 297 g/mol. The van der Waals surface area contributed by atoms with Gasteiger partial charge in [0.2, 0.25) is 11.8 Å². The van der Waals surface area contributed by atoms with E-state index in [1.165, 1.54) is 24.6 Å². The lowest BCUT2D eigenvalue weighted by atomic mass is 9.71. The zero-order chi connectivity index (χ0) is 16.7. The summed E-state index contributed by atoms with van der Waals surface area (Å²) in [5.74, 6) is -0.963. The summed E-state index contributed by atoms with van der Waals surface area (Å²) in [6.45, 7) is 0.367. The van der Waals surface area contributed by atoms with E-state index in [-0.39, 0.29) is 23.8 Å². The van der Waals surface area contributed by atoms with Crippen molar-refractivity contribution in [3.8, 4) is 0 Å². The highest BCUT2D eigenvalue weighted by atomic mass is 19.1. The molecule has 6 heteroatoms. The van der Waals surface area contributed by atoms with E-state index in [2.05, 4.69) is 10.6 Å². The number of rotatable bonds is 6. The molecule has 0 bridgehead atoms. The molecule has 0 saturated heterocycles. The first-order valence-electron chi connectivity index (χ1n) is 8.05. The molecule has 126 valence electrons. The molecule has 0 heterocycles. The first-order valence-corrected chi connectivity index (χ1v) is 8.05. The molecule has 4 N–H and O–H groups in total. The maximum Gasteiger partial charge on any atom is 0.243 e. The summed E-state index contributed by atoms with van der Waals surface area (Å²) in [6.07, 6.45) is 5.68. The van der Waals surface area contributed by atoms with Crippen LogP contribution in [0.1, 0.15) is 38.5 Å². The van der Waals surface area contributed by atoms with Gasteiger partial charge in [0.25, 0.3) is 0 Å². The highest BCUT2D eigenvalue weighted by Gasteiger charge is 2.32. The van der Waals surface area contributed by atoms with E-state index in [4.69, 9.17) is 5.73 Å². The third kappa shape index (κ3) is 5.32. The summed E-state index contributed by atoms with van der Waals surface area (Å²) in [7, 11) is 0. The standard InChI is InChI=1S/C17H24FN3O2/c18-13-5-4-6-14(9-13)21-16(23)11-20-15(22)10-17(12-19)7-2-1-3-8-17/h4-6,9H,1-3,7-8,10-12,19H2,(H,20,22)(H,21,23). The van der Waals surface area contributed by atoms with Crippen LogP contribution < -0.4 is 16.4 Å². The van der Waals surface area contributed by atoms with Crippen LogP contribution in [-0.2, 0) is 9.59 Å². The third-order valence-electron chi connectivity index (χ3n) is 4.44. The maximum absolute atomic E-state index is 13.0. The second kappa shape index (κ2) is 8.06. The summed E-state index contributed by atoms with van der Waals surface area (Å²) in [4.78, 5) is 23.9. The maximum atomic E-state index is 13.0. The van der Waals surface area contributed by atoms with Gasteiger partial charge in [-0.1, -0.05) is 25.3 Å². The number of hydrogen-bond acceptors (Lipinski definition) is 3. The van der Waals surface area contributed by atoms with Crippen LogP contribution in [0.4, 0.5) is 10.1 Å². The van der Waals surface area contributed by atoms with Crippen molar-refractivity contribution in [2.24, 2.45) is 11.1 Å². The van der Waals surface area contributed by atoms with Crippen LogP contribution in [0.2, 0.25) is 0 Å². The van der Waals surface area contributed by atoms with Gasteiger partial charge >= 0.3 is 0 Å². The number of halogens is 1. The number of hydrogen-bond donors (Lipinski definition) is 3. The molecule has 0 spiro atoms. The summed E-state index contributed by atoms with van der Waals surface area (Å²) in [5.41, 5.74) is 6.11. The third-order valence-corrected chi connectivity index (χ3v) is 4.44. The quantitative estimate of drug-likeness (QED) is 0.751. The van der Waals surface area contributed by atoms with Gasteiger partial charge in [-0.3, -0.25) is 9.59 Å². The van der Waals surface area contributed by atoms with E-state index < -0.39 is 5.82 Å². The Kier molecular flexibility index (Phi) is 6.10. The first-order chi connectivity index (χ1) is 11.0. The minimum Gasteiger partial charge on any atom is -0.347 e. The zero-order valence-corrected chi connectivity index (χ0v) is 13.2. The van der Waals surface area contributed by atoms with Crippen molar-refractivity contribution < 1.29 is 14.0 Å². The Morgan fingerprint density at radius 3 is 2.57 bits per heavy atom. The van der Waals surface area contributed by atoms with E-state index in [1.807, 2.05) is 0 Å². The van der Waals surface area contributed by atoms with Crippen molar-refractivity contribution in [1.29, 1.82) is 0 Å². The second-order valence-corrected chi connectivity index (χ2v) is 6.28. The molecular formula is C17H24FN3O2. The number of nitrogens with one attached hydrogen (secondary N) is 2. The van der Waals surface area contributed by atoms with Gasteiger partial charge in [0.15, 0.2) is 0 Å². The summed E-state index contributed by atoms with van der Waals surface area (Å²) >= 11 is 0. The lowest BCUT2D eigenvalue weighted by Gasteiger charge is -2.35. The van der Waals surface area contributed by atoms with Crippen LogP contribution in [0, 0.1) is 11.2 Å². The molecule has 23 heavy (non-hydrogen) atoms. The average molecular weight is 321 g/mol. The summed E-state index contributed by atoms with van der Waals surface area (Å²) in [5, 5.41) is 5.17. The predicted molar refractivity (Wildman–Crippen MR) is 87.2 cm³/mol. The van der Waals surface area contributed by atoms with Crippen molar-refractivity contribution in [1.82, 2.24) is 5.32 Å². The summed E-state index contributed by atoms with van der Waals surface area (Å²) in [6, 6.07) is 5.63. The Hall–Kier alpha value is -1.95. The van der Waals surface area contributed by atoms with E-state index in [9.17, 15) is 14.0 Å². The molecule has 0 aromatic heterocycles. The van der Waals surface area contributed by atoms with Crippen molar-refractivity contribution >= 4 is 17.5 Å². The van der Waals surface area contributed by atoms with Gasteiger partial charge in [-0.05, 0) is 43.0 Å². The topological polar surface area (TPSA) is 84.2 Å². The largest absolute Gasteiger partial charge is 0.347 e. The molecule has 5 nitrogen and oxygen atoms in total. The fourth-order valence-electron chi connectivity index (χ4n) is 3.11. The van der Waals surface area contributed by atoms with Crippen molar-refractivity contribution in [2.45, 2.75) is 38.5 Å². The molecule has 1 aliphatic carbocycles. The van der Waals surface area contributed by atoms with Gasteiger partial charge in [0, 0.05) is 12.1 Å². The molecule has 1 aromatic carbocycles. The molecule has 1 saturated carbocycles. The summed E-state index contributed by atoms with van der Waals surface area (Å²) < 4.78 is 13.0. The molecule has 1 aliphatic rings. The predicted octanol–water partition coefficient (Wildman–Crippen LogP) is 2.18. The van der Waals surface area contributed by atoms with Gasteiger partial charge in [-0.15, -0.1) is 0 Å². The molecule has 2 rings (SSSR count). The van der Waals surface area contributed by atoms with Gasteiger partial charge in [0.1, 0.15) is 5.82 Å². The van der Waals surface area contributed by atoms with Crippen molar-refractivity contribution in [3.63, 3.8) is 0 Å². The normalized spacial score (nSPS) is 16.6. The second-order valence-electron chi connectivity index (χ2n) is 6.28. The number of anilines is 1. The molecule has 1 aromatic rings. The smallest absolute Gasteiger partial charge is 0.243 e. The fraction of sp³-hybridized carbons (Fsp3) is 0.529. The molecule has 0 atom stereocenters. The van der Waals surface area contributed by atoms with E-state index >= 15 is 0 Å².